The van der Waals surface area contributed by atoms with Crippen molar-refractivity contribution in [1.82, 2.24) is 34.1 Å². The molecule has 0 spiro atoms. The molecule has 142 valence electrons. The molecule has 1 saturated heterocycles. The van der Waals surface area contributed by atoms with Crippen LogP contribution in [-0.2, 0) is 21.5 Å². The van der Waals surface area contributed by atoms with Crippen LogP contribution in [0.3, 0.4) is 0 Å². The van der Waals surface area contributed by atoms with Crippen LogP contribution in [0.4, 0.5) is 0 Å². The molecule has 0 radical (unpaired) electrons. The average Bonchev–Trinajstić information content (AvgIpc) is 3.00. The minimum atomic E-state index is -3.59. The molecule has 1 atom stereocenters. The van der Waals surface area contributed by atoms with Crippen molar-refractivity contribution in [2.45, 2.75) is 37.8 Å². The fourth-order valence-corrected chi connectivity index (χ4v) is 3.32. The van der Waals surface area contributed by atoms with Crippen molar-refractivity contribution in [3.8, 4) is 0 Å². The number of nitrogens with one attached hydrogen (secondary N) is 1. The van der Waals surface area contributed by atoms with E-state index in [1.165, 1.54) is 25.1 Å². The molecule has 0 saturated carbocycles. The summed E-state index contributed by atoms with van der Waals surface area (Å²) in [5, 5.41) is 21.4. The van der Waals surface area contributed by atoms with E-state index in [0.717, 1.165) is 4.31 Å². The SMILES string of the molecule is CN(C)S(=O)(=O)NCC1(O)CCCN(C(=O)CCn2cnnn2)CC1. The van der Waals surface area contributed by atoms with Crippen LogP contribution in [0.2, 0.25) is 0 Å². The first-order valence-electron chi connectivity index (χ1n) is 8.10. The molecular weight excluding hydrogens is 350 g/mol. The van der Waals surface area contributed by atoms with E-state index in [4.69, 9.17) is 0 Å². The Labute approximate surface area is 147 Å². The number of aromatic nitrogens is 4. The molecule has 25 heavy (non-hydrogen) atoms. The van der Waals surface area contributed by atoms with E-state index in [0.29, 0.717) is 38.9 Å². The largest absolute Gasteiger partial charge is 0.388 e. The number of hydrogen-bond acceptors (Lipinski definition) is 7. The van der Waals surface area contributed by atoms with Gasteiger partial charge in [-0.05, 0) is 29.7 Å². The molecule has 1 aliphatic rings. The molecule has 2 heterocycles. The summed E-state index contributed by atoms with van der Waals surface area (Å²) in [4.78, 5) is 14.0. The predicted molar refractivity (Wildman–Crippen MR) is 88.4 cm³/mol. The van der Waals surface area contributed by atoms with Gasteiger partial charge in [0, 0.05) is 40.2 Å². The number of likely N-dealkylation sites (tertiary alicyclic amines) is 1. The van der Waals surface area contributed by atoms with Crippen molar-refractivity contribution < 1.29 is 18.3 Å². The van der Waals surface area contributed by atoms with Gasteiger partial charge in [-0.3, -0.25) is 4.79 Å². The number of aliphatic hydroxyl groups is 1. The molecule has 11 nitrogen and oxygen atoms in total. The molecular formula is C13H25N7O4S. The smallest absolute Gasteiger partial charge is 0.279 e. The first kappa shape index (κ1) is 19.7. The highest BCUT2D eigenvalue weighted by atomic mass is 32.2. The van der Waals surface area contributed by atoms with Gasteiger partial charge in [0.1, 0.15) is 6.33 Å². The molecule has 12 heteroatoms. The quantitative estimate of drug-likeness (QED) is 0.574. The van der Waals surface area contributed by atoms with Gasteiger partial charge in [0.15, 0.2) is 0 Å². The van der Waals surface area contributed by atoms with Crippen molar-refractivity contribution in [3.05, 3.63) is 6.33 Å². The zero-order valence-corrected chi connectivity index (χ0v) is 15.3. The minimum absolute atomic E-state index is 0.0337. The van der Waals surface area contributed by atoms with Crippen molar-refractivity contribution in [2.75, 3.05) is 33.7 Å². The number of hydrogen-bond donors (Lipinski definition) is 2. The second-order valence-corrected chi connectivity index (χ2v) is 8.36. The molecule has 2 rings (SSSR count). The molecule has 0 aliphatic carbocycles. The summed E-state index contributed by atoms with van der Waals surface area (Å²) < 4.78 is 28.5. The Morgan fingerprint density at radius 1 is 1.36 bits per heavy atom. The molecule has 1 amide bonds. The van der Waals surface area contributed by atoms with E-state index in [2.05, 4.69) is 20.2 Å². The van der Waals surface area contributed by atoms with Crippen molar-refractivity contribution in [2.24, 2.45) is 0 Å². The van der Waals surface area contributed by atoms with Crippen molar-refractivity contribution in [1.29, 1.82) is 0 Å². The Bertz CT molecular complexity index is 664. The number of nitrogens with zero attached hydrogens (tertiary/aromatic N) is 6. The lowest BCUT2D eigenvalue weighted by Crippen LogP contribution is -2.47. The standard InChI is InChI=1S/C13H25N7O4S/c1-18(2)25(23,24)15-10-13(22)5-3-7-19(9-6-13)12(21)4-8-20-11-14-16-17-20/h11,15,22H,3-10H2,1-2H3. The second-order valence-electron chi connectivity index (χ2n) is 6.39. The highest BCUT2D eigenvalue weighted by Gasteiger charge is 2.33. The second kappa shape index (κ2) is 8.17. The van der Waals surface area contributed by atoms with Crippen LogP contribution in [-0.4, -0.2) is 88.2 Å². The van der Waals surface area contributed by atoms with Gasteiger partial charge in [-0.2, -0.15) is 17.4 Å². The van der Waals surface area contributed by atoms with Crippen LogP contribution in [0, 0.1) is 0 Å². The summed E-state index contributed by atoms with van der Waals surface area (Å²) in [5.41, 5.74) is -1.16. The maximum Gasteiger partial charge on any atom is 0.279 e. The number of tetrazole rings is 1. The molecule has 1 aromatic heterocycles. The minimum Gasteiger partial charge on any atom is -0.388 e. The van der Waals surface area contributed by atoms with Gasteiger partial charge in [-0.15, -0.1) is 5.10 Å². The van der Waals surface area contributed by atoms with Gasteiger partial charge >= 0.3 is 0 Å². The number of rotatable bonds is 7. The van der Waals surface area contributed by atoms with E-state index in [1.54, 1.807) is 4.90 Å². The van der Waals surface area contributed by atoms with Crippen molar-refractivity contribution in [3.63, 3.8) is 0 Å². The Morgan fingerprint density at radius 3 is 2.76 bits per heavy atom. The lowest BCUT2D eigenvalue weighted by molar-refractivity contribution is -0.131. The van der Waals surface area contributed by atoms with Gasteiger partial charge in [0.25, 0.3) is 10.2 Å². The molecule has 1 unspecified atom stereocenters. The molecule has 0 aromatic carbocycles. The Kier molecular flexibility index (Phi) is 6.43. The van der Waals surface area contributed by atoms with Crippen LogP contribution in [0.25, 0.3) is 0 Å². The summed E-state index contributed by atoms with van der Waals surface area (Å²) in [7, 11) is -0.748. The Morgan fingerprint density at radius 2 is 2.12 bits per heavy atom. The van der Waals surface area contributed by atoms with E-state index < -0.39 is 15.8 Å². The Hall–Kier alpha value is -1.63. The van der Waals surface area contributed by atoms with Crippen LogP contribution in [0.15, 0.2) is 6.33 Å². The Balaban J connectivity index is 1.84. The number of carbonyl (C=O) groups excluding carboxylic acids is 1. The van der Waals surface area contributed by atoms with E-state index in [-0.39, 0.29) is 18.9 Å². The summed E-state index contributed by atoms with van der Waals surface area (Å²) >= 11 is 0. The summed E-state index contributed by atoms with van der Waals surface area (Å²) in [6.07, 6.45) is 3.08. The monoisotopic (exact) mass is 375 g/mol. The first-order valence-corrected chi connectivity index (χ1v) is 9.54. The highest BCUT2D eigenvalue weighted by Crippen LogP contribution is 2.22. The predicted octanol–water partition coefficient (Wildman–Crippen LogP) is -1.80. The number of carbonyl (C=O) groups is 1. The van der Waals surface area contributed by atoms with Gasteiger partial charge in [0.2, 0.25) is 5.91 Å². The van der Waals surface area contributed by atoms with Crippen LogP contribution < -0.4 is 4.72 Å². The highest BCUT2D eigenvalue weighted by molar-refractivity contribution is 7.87. The fourth-order valence-electron chi connectivity index (χ4n) is 2.61. The summed E-state index contributed by atoms with van der Waals surface area (Å²) in [6.45, 7) is 1.25. The molecule has 2 N–H and O–H groups in total. The zero-order chi connectivity index (χ0) is 18.5. The third-order valence-corrected chi connectivity index (χ3v) is 5.75. The third-order valence-electron chi connectivity index (χ3n) is 4.28. The van der Waals surface area contributed by atoms with Gasteiger partial charge in [-0.25, -0.2) is 4.68 Å². The molecule has 0 bridgehead atoms. The lowest BCUT2D eigenvalue weighted by Gasteiger charge is -2.27. The first-order chi connectivity index (χ1) is 11.7. The maximum atomic E-state index is 12.3. The van der Waals surface area contributed by atoms with Gasteiger partial charge in [0.05, 0.1) is 12.1 Å². The normalized spacial score (nSPS) is 22.2. The maximum absolute atomic E-state index is 12.3. The average molecular weight is 375 g/mol. The van der Waals surface area contributed by atoms with Crippen LogP contribution in [0.1, 0.15) is 25.7 Å². The molecule has 1 aliphatic heterocycles. The number of amides is 1. The van der Waals surface area contributed by atoms with Crippen LogP contribution >= 0.6 is 0 Å². The molecule has 1 fully saturated rings. The topological polar surface area (TPSA) is 134 Å². The molecule has 1 aromatic rings. The number of aryl methyl sites for hydroxylation is 1. The summed E-state index contributed by atoms with van der Waals surface area (Å²) in [5.74, 6) is -0.0337. The lowest BCUT2D eigenvalue weighted by atomic mass is 9.95. The van der Waals surface area contributed by atoms with Gasteiger partial charge < -0.3 is 10.0 Å². The third kappa shape index (κ3) is 5.70. The van der Waals surface area contributed by atoms with Gasteiger partial charge in [-0.1, -0.05) is 0 Å². The van der Waals surface area contributed by atoms with Crippen molar-refractivity contribution >= 4 is 16.1 Å². The van der Waals surface area contributed by atoms with E-state index in [9.17, 15) is 18.3 Å². The van der Waals surface area contributed by atoms with Crippen LogP contribution in [0.5, 0.6) is 0 Å². The summed E-state index contributed by atoms with van der Waals surface area (Å²) in [6, 6.07) is 0. The van der Waals surface area contributed by atoms with E-state index in [1.807, 2.05) is 0 Å². The fraction of sp³-hybridized carbons (Fsp3) is 0.846. The zero-order valence-electron chi connectivity index (χ0n) is 14.5. The van der Waals surface area contributed by atoms with E-state index >= 15 is 0 Å².